The number of carbonyl (C=O) groups is 3. The van der Waals surface area contributed by atoms with Gasteiger partial charge in [-0.3, -0.25) is 14.4 Å². The number of furan rings is 1. The molecular weight excluding hydrogens is 626 g/mol. The van der Waals surface area contributed by atoms with Crippen LogP contribution >= 0.6 is 15.9 Å². The van der Waals surface area contributed by atoms with Gasteiger partial charge in [0.2, 0.25) is 5.91 Å². The number of aryl methyl sites for hydroxylation is 1. The highest BCUT2D eigenvalue weighted by Gasteiger charge is 2.56. The van der Waals surface area contributed by atoms with Gasteiger partial charge < -0.3 is 24.4 Å². The van der Waals surface area contributed by atoms with Crippen molar-refractivity contribution >= 4 is 50.4 Å². The molecule has 0 saturated heterocycles. The molecule has 2 heterocycles. The van der Waals surface area contributed by atoms with Gasteiger partial charge in [0.05, 0.1) is 7.11 Å². The first-order chi connectivity index (χ1) is 21.1. The molecule has 4 aliphatic rings. The normalized spacial score (nSPS) is 26.2. The number of allylic oxidation sites excluding steroid dienone is 1. The van der Waals surface area contributed by atoms with E-state index in [2.05, 4.69) is 31.3 Å². The monoisotopic (exact) mass is 663 g/mol. The van der Waals surface area contributed by atoms with E-state index in [1.165, 1.54) is 32.4 Å². The van der Waals surface area contributed by atoms with Crippen LogP contribution in [0.5, 0.6) is 0 Å². The predicted molar refractivity (Wildman–Crippen MR) is 171 cm³/mol. The highest BCUT2D eigenvalue weighted by Crippen LogP contribution is 2.64. The number of anilines is 1. The molecule has 0 spiro atoms. The predicted octanol–water partition coefficient (Wildman–Crippen LogP) is 5.88. The highest BCUT2D eigenvalue weighted by atomic mass is 79.9. The summed E-state index contributed by atoms with van der Waals surface area (Å²) in [5, 5.41) is 6.39. The summed E-state index contributed by atoms with van der Waals surface area (Å²) in [6.45, 7) is 2.42. The lowest BCUT2D eigenvalue weighted by Gasteiger charge is -2.60. The molecular formula is C34H38BrN3O6. The first-order valence-corrected chi connectivity index (χ1v) is 16.1. The Morgan fingerprint density at radius 3 is 2.59 bits per heavy atom. The zero-order valence-corrected chi connectivity index (χ0v) is 26.7. The van der Waals surface area contributed by atoms with Crippen LogP contribution in [0.2, 0.25) is 0 Å². The molecule has 2 amide bonds. The zero-order chi connectivity index (χ0) is 31.1. The van der Waals surface area contributed by atoms with E-state index in [1.807, 2.05) is 18.2 Å². The highest BCUT2D eigenvalue weighted by molar-refractivity contribution is 9.10. The van der Waals surface area contributed by atoms with Gasteiger partial charge in [-0.25, -0.2) is 4.79 Å². The van der Waals surface area contributed by atoms with E-state index in [4.69, 9.17) is 4.42 Å². The third-order valence-corrected chi connectivity index (χ3v) is 10.6. The van der Waals surface area contributed by atoms with Crippen molar-refractivity contribution in [2.24, 2.45) is 17.3 Å². The number of rotatable bonds is 10. The van der Waals surface area contributed by atoms with Crippen molar-refractivity contribution in [1.82, 2.24) is 9.88 Å². The van der Waals surface area contributed by atoms with E-state index in [0.29, 0.717) is 35.9 Å². The second-order valence-electron chi connectivity index (χ2n) is 13.0. The maximum Gasteiger partial charge on any atom is 0.330 e. The molecule has 0 aliphatic heterocycles. The van der Waals surface area contributed by atoms with Crippen molar-refractivity contribution in [2.45, 2.75) is 75.2 Å². The van der Waals surface area contributed by atoms with Gasteiger partial charge in [0, 0.05) is 34.1 Å². The Kier molecular flexibility index (Phi) is 8.30. The number of hydrogen-bond donors (Lipinski definition) is 2. The number of fused-ring (bicyclic) bond motifs is 1. The molecule has 2 aromatic heterocycles. The van der Waals surface area contributed by atoms with Crippen LogP contribution in [0.25, 0.3) is 11.0 Å². The maximum absolute atomic E-state index is 13.7. The smallest absolute Gasteiger partial charge is 0.330 e. The summed E-state index contributed by atoms with van der Waals surface area (Å²) >= 11 is 4.06. The SMILES string of the molecule is COC(=O)/C=C/CC[C@H](NC(=O)c1oc2ccccc2c1C)C(=O)Nc1cccn(CC23CC4CC(CC(Br)(C4)C2)C3)c1=O. The fourth-order valence-corrected chi connectivity index (χ4v) is 9.76. The summed E-state index contributed by atoms with van der Waals surface area (Å²) in [6.07, 6.45) is 12.2. The van der Waals surface area contributed by atoms with Crippen molar-refractivity contribution in [1.29, 1.82) is 0 Å². The minimum atomic E-state index is -0.998. The van der Waals surface area contributed by atoms with Gasteiger partial charge >= 0.3 is 5.97 Å². The number of hydrogen-bond acceptors (Lipinski definition) is 6. The molecule has 232 valence electrons. The van der Waals surface area contributed by atoms with Crippen LogP contribution in [0, 0.1) is 24.2 Å². The third kappa shape index (κ3) is 6.14. The van der Waals surface area contributed by atoms with Crippen LogP contribution in [0.4, 0.5) is 5.69 Å². The minimum absolute atomic E-state index is 0.0764. The number of para-hydroxylation sites is 1. The second-order valence-corrected chi connectivity index (χ2v) is 14.7. The molecule has 4 saturated carbocycles. The number of aromatic nitrogens is 1. The number of pyridine rings is 1. The topological polar surface area (TPSA) is 120 Å². The third-order valence-electron chi connectivity index (χ3n) is 9.64. The summed E-state index contributed by atoms with van der Waals surface area (Å²) in [4.78, 5) is 52.1. The average molecular weight is 665 g/mol. The average Bonchev–Trinajstić information content (AvgIpc) is 3.31. The fourth-order valence-electron chi connectivity index (χ4n) is 8.25. The number of nitrogens with zero attached hydrogens (tertiary/aromatic N) is 1. The van der Waals surface area contributed by atoms with Gasteiger partial charge in [-0.05, 0) is 93.7 Å². The summed E-state index contributed by atoms with van der Waals surface area (Å²) in [6, 6.07) is 9.72. The van der Waals surface area contributed by atoms with E-state index >= 15 is 0 Å². The van der Waals surface area contributed by atoms with Crippen molar-refractivity contribution in [3.63, 3.8) is 0 Å². The lowest BCUT2D eigenvalue weighted by Crippen LogP contribution is -2.54. The number of esters is 1. The molecule has 2 N–H and O–H groups in total. The van der Waals surface area contributed by atoms with E-state index in [9.17, 15) is 19.2 Å². The first kappa shape index (κ1) is 30.4. The molecule has 3 atom stereocenters. The van der Waals surface area contributed by atoms with Crippen molar-refractivity contribution in [3.8, 4) is 0 Å². The Labute approximate surface area is 264 Å². The van der Waals surface area contributed by atoms with Crippen molar-refractivity contribution < 1.29 is 23.5 Å². The van der Waals surface area contributed by atoms with E-state index < -0.39 is 23.8 Å². The van der Waals surface area contributed by atoms with E-state index in [0.717, 1.165) is 24.6 Å². The quantitative estimate of drug-likeness (QED) is 0.159. The number of amides is 2. The van der Waals surface area contributed by atoms with E-state index in [-0.39, 0.29) is 33.2 Å². The number of benzene rings is 1. The number of nitrogens with one attached hydrogen (secondary N) is 2. The Balaban J connectivity index is 1.20. The minimum Gasteiger partial charge on any atom is -0.466 e. The molecule has 9 nitrogen and oxygen atoms in total. The summed E-state index contributed by atoms with van der Waals surface area (Å²) in [7, 11) is 1.28. The molecule has 0 radical (unpaired) electrons. The molecule has 4 bridgehead atoms. The van der Waals surface area contributed by atoms with Crippen molar-refractivity contribution in [2.75, 3.05) is 12.4 Å². The van der Waals surface area contributed by atoms with Crippen LogP contribution in [-0.2, 0) is 20.9 Å². The number of methoxy groups -OCH3 is 1. The summed E-state index contributed by atoms with van der Waals surface area (Å²) in [5.41, 5.74) is 1.23. The van der Waals surface area contributed by atoms with Crippen LogP contribution in [0.15, 0.2) is 64.0 Å². The van der Waals surface area contributed by atoms with E-state index in [1.54, 1.807) is 42.0 Å². The van der Waals surface area contributed by atoms with Crippen molar-refractivity contribution in [3.05, 3.63) is 76.4 Å². The lowest BCUT2D eigenvalue weighted by atomic mass is 9.49. The number of halogens is 1. The van der Waals surface area contributed by atoms with Gasteiger partial charge in [-0.1, -0.05) is 40.2 Å². The number of ether oxygens (including phenoxy) is 1. The molecule has 2 unspecified atom stereocenters. The molecule has 7 rings (SSSR count). The largest absolute Gasteiger partial charge is 0.466 e. The number of carbonyl (C=O) groups excluding carboxylic acids is 3. The standard InChI is InChI=1S/C34H38BrN3O6/c1-21-24-8-3-5-11-27(24)44-29(21)31(41)36-25(9-4-6-12-28(39)43-2)30(40)37-26-10-7-13-38(32(26)42)20-33-15-22-14-23(16-33)18-34(35,17-22)19-33/h3,5-8,10-13,22-23,25H,4,9,14-20H2,1-2H3,(H,36,41)(H,37,40)/b12-6+/t22?,23?,25-,33?,34?/m0/s1. The van der Waals surface area contributed by atoms with Gasteiger partial charge in [0.25, 0.3) is 11.5 Å². The lowest BCUT2D eigenvalue weighted by molar-refractivity contribution is -0.134. The van der Waals surface area contributed by atoms with Gasteiger partial charge in [-0.15, -0.1) is 0 Å². The zero-order valence-electron chi connectivity index (χ0n) is 25.1. The maximum atomic E-state index is 13.7. The Morgan fingerprint density at radius 2 is 1.89 bits per heavy atom. The van der Waals surface area contributed by atoms with Gasteiger partial charge in [0.15, 0.2) is 5.76 Å². The molecule has 4 fully saturated rings. The molecule has 4 aliphatic carbocycles. The Morgan fingerprint density at radius 1 is 1.14 bits per heavy atom. The molecule has 44 heavy (non-hydrogen) atoms. The van der Waals surface area contributed by atoms with Crippen LogP contribution < -0.4 is 16.2 Å². The summed E-state index contributed by atoms with van der Waals surface area (Å²) < 4.78 is 12.4. The van der Waals surface area contributed by atoms with Gasteiger partial charge in [-0.2, -0.15) is 0 Å². The van der Waals surface area contributed by atoms with Crippen LogP contribution in [0.3, 0.4) is 0 Å². The summed E-state index contributed by atoms with van der Waals surface area (Å²) in [5.74, 6) is -0.0576. The van der Waals surface area contributed by atoms with Crippen LogP contribution in [-0.4, -0.2) is 39.8 Å². The number of alkyl halides is 1. The molecule has 1 aromatic carbocycles. The fraction of sp³-hybridized carbons (Fsp3) is 0.471. The Bertz CT molecular complexity index is 1680. The second kappa shape index (κ2) is 12.0. The van der Waals surface area contributed by atoms with Crippen LogP contribution in [0.1, 0.15) is 67.5 Å². The first-order valence-electron chi connectivity index (χ1n) is 15.3. The molecule has 3 aromatic rings. The van der Waals surface area contributed by atoms with Gasteiger partial charge in [0.1, 0.15) is 17.3 Å². The Hall–Kier alpha value is -3.66. The molecule has 10 heteroatoms.